The van der Waals surface area contributed by atoms with Crippen molar-refractivity contribution < 1.29 is 9.53 Å². The summed E-state index contributed by atoms with van der Waals surface area (Å²) in [6.45, 7) is 0.0425. The van der Waals surface area contributed by atoms with Crippen molar-refractivity contribution in [2.75, 3.05) is 17.7 Å². The van der Waals surface area contributed by atoms with Crippen LogP contribution >= 0.6 is 0 Å². The van der Waals surface area contributed by atoms with Gasteiger partial charge in [-0.25, -0.2) is 0 Å². The van der Waals surface area contributed by atoms with Gasteiger partial charge in [0.15, 0.2) is 6.61 Å². The molecule has 0 spiro atoms. The number of amides is 1. The average molecular weight is 244 g/mol. The zero-order chi connectivity index (χ0) is 12.7. The number of nitrogens with two attached hydrogens (primary N) is 1. The molecule has 2 aromatic rings. The molecule has 2 heterocycles. The quantitative estimate of drug-likeness (QED) is 0.784. The number of hydrogen-bond donors (Lipinski definition) is 2. The second kappa shape index (κ2) is 3.76. The number of fused-ring (bicyclic) bond motifs is 1. The van der Waals surface area contributed by atoms with Crippen LogP contribution in [0.3, 0.4) is 0 Å². The summed E-state index contributed by atoms with van der Waals surface area (Å²) in [6, 6.07) is 7.30. The predicted molar refractivity (Wildman–Crippen MR) is 67.2 cm³/mol. The van der Waals surface area contributed by atoms with Gasteiger partial charge in [0.2, 0.25) is 0 Å². The van der Waals surface area contributed by atoms with Crippen LogP contribution in [0, 0.1) is 0 Å². The third-order valence-corrected chi connectivity index (χ3v) is 2.84. The topological polar surface area (TPSA) is 82.2 Å². The van der Waals surface area contributed by atoms with E-state index in [1.165, 1.54) is 0 Å². The van der Waals surface area contributed by atoms with E-state index in [9.17, 15) is 4.79 Å². The lowest BCUT2D eigenvalue weighted by atomic mass is 10.1. The Hall–Kier alpha value is -2.50. The Balaban J connectivity index is 2.15. The van der Waals surface area contributed by atoms with Crippen LogP contribution in [0.25, 0.3) is 11.3 Å². The van der Waals surface area contributed by atoms with Gasteiger partial charge in [-0.3, -0.25) is 9.48 Å². The van der Waals surface area contributed by atoms with Gasteiger partial charge in [0.05, 0.1) is 11.4 Å². The van der Waals surface area contributed by atoms with Gasteiger partial charge in [0, 0.05) is 18.7 Å². The van der Waals surface area contributed by atoms with Crippen LogP contribution in [0.15, 0.2) is 24.3 Å². The Morgan fingerprint density at radius 1 is 1.50 bits per heavy atom. The van der Waals surface area contributed by atoms with E-state index in [0.29, 0.717) is 22.9 Å². The van der Waals surface area contributed by atoms with Crippen molar-refractivity contribution in [1.29, 1.82) is 0 Å². The zero-order valence-electron chi connectivity index (χ0n) is 9.80. The molecule has 1 amide bonds. The number of ether oxygens (including phenoxy) is 1. The van der Waals surface area contributed by atoms with Crippen molar-refractivity contribution in [2.45, 2.75) is 0 Å². The molecule has 3 rings (SSSR count). The monoisotopic (exact) mass is 244 g/mol. The number of benzene rings is 1. The Kier molecular flexibility index (Phi) is 2.22. The normalized spacial score (nSPS) is 13.7. The highest BCUT2D eigenvalue weighted by Crippen LogP contribution is 2.37. The summed E-state index contributed by atoms with van der Waals surface area (Å²) in [5.41, 5.74) is 7.91. The maximum absolute atomic E-state index is 11.4. The maximum Gasteiger partial charge on any atom is 0.262 e. The molecule has 6 heteroatoms. The Labute approximate surface area is 103 Å². The van der Waals surface area contributed by atoms with Crippen LogP contribution in [0.2, 0.25) is 0 Å². The Bertz CT molecular complexity index is 614. The molecule has 0 radical (unpaired) electrons. The highest BCUT2D eigenvalue weighted by atomic mass is 16.5. The van der Waals surface area contributed by atoms with Crippen molar-refractivity contribution in [3.8, 4) is 17.0 Å². The van der Waals surface area contributed by atoms with E-state index in [-0.39, 0.29) is 12.5 Å². The van der Waals surface area contributed by atoms with Gasteiger partial charge in [0.1, 0.15) is 11.6 Å². The maximum atomic E-state index is 11.4. The fourth-order valence-corrected chi connectivity index (χ4v) is 1.93. The predicted octanol–water partition coefficient (Wildman–Crippen LogP) is 1.00. The minimum atomic E-state index is -0.168. The van der Waals surface area contributed by atoms with E-state index >= 15 is 0 Å². The lowest BCUT2D eigenvalue weighted by Gasteiger charge is -2.19. The Morgan fingerprint density at radius 2 is 2.33 bits per heavy atom. The van der Waals surface area contributed by atoms with Crippen LogP contribution in [0.1, 0.15) is 0 Å². The third-order valence-electron chi connectivity index (χ3n) is 2.84. The van der Waals surface area contributed by atoms with E-state index < -0.39 is 0 Å². The molecule has 1 aliphatic heterocycles. The molecule has 92 valence electrons. The summed E-state index contributed by atoms with van der Waals surface area (Å²) in [6.07, 6.45) is 0. The first-order valence-electron chi connectivity index (χ1n) is 5.50. The van der Waals surface area contributed by atoms with E-state index in [2.05, 4.69) is 10.4 Å². The molecule has 0 fully saturated rings. The molecule has 0 saturated heterocycles. The van der Waals surface area contributed by atoms with Crippen molar-refractivity contribution in [3.05, 3.63) is 24.3 Å². The van der Waals surface area contributed by atoms with E-state index in [4.69, 9.17) is 10.5 Å². The van der Waals surface area contributed by atoms with Crippen molar-refractivity contribution in [2.24, 2.45) is 7.05 Å². The number of aryl methyl sites for hydroxylation is 1. The molecular formula is C12H12N4O2. The molecule has 1 aliphatic rings. The number of aromatic nitrogens is 2. The Morgan fingerprint density at radius 3 is 3.06 bits per heavy atom. The number of para-hydroxylation sites is 1. The zero-order valence-corrected chi connectivity index (χ0v) is 9.80. The van der Waals surface area contributed by atoms with Gasteiger partial charge in [-0.15, -0.1) is 0 Å². The number of anilines is 2. The number of carbonyl (C=O) groups excluding carboxylic acids is 1. The first-order chi connectivity index (χ1) is 8.65. The van der Waals surface area contributed by atoms with Crippen molar-refractivity contribution in [3.63, 3.8) is 0 Å². The minimum absolute atomic E-state index is 0.0425. The molecule has 3 N–H and O–H groups in total. The summed E-state index contributed by atoms with van der Waals surface area (Å²) in [5.74, 6) is 1.04. The van der Waals surface area contributed by atoms with Crippen LogP contribution < -0.4 is 15.8 Å². The largest absolute Gasteiger partial charge is 0.482 e. The molecule has 1 aromatic carbocycles. The number of nitrogens with zero attached hydrogens (tertiary/aromatic N) is 2. The van der Waals surface area contributed by atoms with E-state index in [0.717, 1.165) is 5.56 Å². The molecular weight excluding hydrogens is 232 g/mol. The average Bonchev–Trinajstić information content (AvgIpc) is 2.68. The second-order valence-electron chi connectivity index (χ2n) is 4.09. The van der Waals surface area contributed by atoms with Gasteiger partial charge in [-0.05, 0) is 6.07 Å². The molecule has 0 aliphatic carbocycles. The first kappa shape index (κ1) is 10.6. The van der Waals surface area contributed by atoms with E-state index in [1.807, 2.05) is 18.2 Å². The third kappa shape index (κ3) is 1.58. The number of nitrogens with one attached hydrogen (secondary N) is 1. The van der Waals surface area contributed by atoms with Gasteiger partial charge < -0.3 is 15.8 Å². The van der Waals surface area contributed by atoms with Crippen LogP contribution in [-0.2, 0) is 11.8 Å². The van der Waals surface area contributed by atoms with Crippen LogP contribution in [0.5, 0.6) is 5.75 Å². The number of rotatable bonds is 1. The summed E-state index contributed by atoms with van der Waals surface area (Å²) < 4.78 is 6.94. The van der Waals surface area contributed by atoms with Crippen molar-refractivity contribution in [1.82, 2.24) is 9.78 Å². The van der Waals surface area contributed by atoms with Crippen molar-refractivity contribution >= 4 is 17.4 Å². The minimum Gasteiger partial charge on any atom is -0.482 e. The smallest absolute Gasteiger partial charge is 0.262 e. The fraction of sp³-hybridized carbons (Fsp3) is 0.167. The molecule has 0 bridgehead atoms. The lowest BCUT2D eigenvalue weighted by Crippen LogP contribution is -2.25. The summed E-state index contributed by atoms with van der Waals surface area (Å²) in [7, 11) is 1.77. The fourth-order valence-electron chi connectivity index (χ4n) is 1.93. The van der Waals surface area contributed by atoms with E-state index in [1.54, 1.807) is 17.8 Å². The number of carbonyl (C=O) groups is 1. The summed E-state index contributed by atoms with van der Waals surface area (Å²) in [5, 5.41) is 7.10. The second-order valence-corrected chi connectivity index (χ2v) is 4.09. The highest BCUT2D eigenvalue weighted by Gasteiger charge is 2.20. The van der Waals surface area contributed by atoms with Crippen LogP contribution in [0.4, 0.5) is 11.5 Å². The lowest BCUT2D eigenvalue weighted by molar-refractivity contribution is -0.118. The number of hydrogen-bond acceptors (Lipinski definition) is 4. The first-order valence-corrected chi connectivity index (χ1v) is 5.50. The highest BCUT2D eigenvalue weighted by molar-refractivity contribution is 6.00. The van der Waals surface area contributed by atoms with Gasteiger partial charge >= 0.3 is 0 Å². The molecule has 0 unspecified atom stereocenters. The molecule has 0 atom stereocenters. The summed E-state index contributed by atoms with van der Waals surface area (Å²) >= 11 is 0. The number of nitrogen functional groups attached to an aromatic ring is 1. The molecule has 1 aromatic heterocycles. The molecule has 18 heavy (non-hydrogen) atoms. The standard InChI is InChI=1S/C12H12N4O2/c1-16-10(13)5-8(15-16)7-3-2-4-9-12(7)14-11(17)6-18-9/h2-5H,6,13H2,1H3,(H,14,17). The molecule has 6 nitrogen and oxygen atoms in total. The SMILES string of the molecule is Cn1nc(-c2cccc3c2NC(=O)CO3)cc1N. The van der Waals surface area contributed by atoms with Gasteiger partial charge in [-0.1, -0.05) is 12.1 Å². The summed E-state index contributed by atoms with van der Waals surface area (Å²) in [4.78, 5) is 11.4. The molecule has 0 saturated carbocycles. The van der Waals surface area contributed by atoms with Crippen LogP contribution in [-0.4, -0.2) is 22.3 Å². The van der Waals surface area contributed by atoms with Gasteiger partial charge in [-0.2, -0.15) is 5.10 Å². The van der Waals surface area contributed by atoms with Gasteiger partial charge in [0.25, 0.3) is 5.91 Å².